The fourth-order valence-electron chi connectivity index (χ4n) is 12.2. The molecular weight excluding hydrogens is 1090 g/mol. The van der Waals surface area contributed by atoms with Crippen molar-refractivity contribution in [1.82, 2.24) is 34.9 Å². The van der Waals surface area contributed by atoms with Gasteiger partial charge in [0.05, 0.1) is 45.6 Å². The van der Waals surface area contributed by atoms with Crippen molar-refractivity contribution in [3.05, 3.63) is 220 Å². The van der Waals surface area contributed by atoms with Crippen LogP contribution < -0.4 is 0 Å². The van der Waals surface area contributed by atoms with E-state index >= 15 is 0 Å². The molecule has 8 bridgehead atoms. The molecule has 6 aromatic heterocycles. The molecule has 0 saturated carbocycles. The summed E-state index contributed by atoms with van der Waals surface area (Å²) in [5.74, 6) is 0. The van der Waals surface area contributed by atoms with Gasteiger partial charge in [0.25, 0.3) is 0 Å². The van der Waals surface area contributed by atoms with Crippen LogP contribution in [0, 0.1) is 0 Å². The number of hydrogen-bond donors (Lipinski definition) is 2. The molecule has 0 atom stereocenters. The molecule has 0 radical (unpaired) electrons. The number of H-pyrrole nitrogens is 2. The van der Waals surface area contributed by atoms with Gasteiger partial charge in [0, 0.05) is 56.7 Å². The average Bonchev–Trinajstić information content (AvgIpc) is 1.54. The molecule has 0 spiro atoms. The Morgan fingerprint density at radius 2 is 0.522 bits per heavy atom. The van der Waals surface area contributed by atoms with E-state index in [1.807, 2.05) is 48.8 Å². The first-order valence-electron chi connectivity index (χ1n) is 31.9. The molecule has 2 aliphatic heterocycles. The second-order valence-electron chi connectivity index (χ2n) is 31.0. The topological polar surface area (TPSA) is 96.0 Å². The third-order valence-corrected chi connectivity index (χ3v) is 17.8. The van der Waals surface area contributed by atoms with E-state index in [0.717, 1.165) is 123 Å². The molecule has 0 amide bonds. The number of aromatic amines is 2. The predicted molar refractivity (Wildman–Crippen MR) is 382 cm³/mol. The van der Waals surface area contributed by atoms with Crippen molar-refractivity contribution in [2.24, 2.45) is 0 Å². The lowest BCUT2D eigenvalue weighted by Crippen LogP contribution is -2.16. The van der Waals surface area contributed by atoms with E-state index in [4.69, 9.17) is 24.9 Å². The molecule has 12 rings (SSSR count). The number of nitrogens with one attached hydrogen (secondary N) is 2. The third-order valence-electron chi connectivity index (χ3n) is 17.8. The van der Waals surface area contributed by atoms with Gasteiger partial charge >= 0.3 is 0 Å². The maximum atomic E-state index is 5.87. The minimum absolute atomic E-state index is 0.118. The zero-order chi connectivity index (χ0) is 64.0. The van der Waals surface area contributed by atoms with Gasteiger partial charge in [-0.25, -0.2) is 15.0 Å². The van der Waals surface area contributed by atoms with Crippen LogP contribution in [0.15, 0.2) is 164 Å². The van der Waals surface area contributed by atoms with Crippen LogP contribution in [-0.4, -0.2) is 34.9 Å². The van der Waals surface area contributed by atoms with Crippen LogP contribution >= 0.6 is 0 Å². The summed E-state index contributed by atoms with van der Waals surface area (Å²) in [6.45, 7) is 41.6. The fourth-order valence-corrected chi connectivity index (χ4v) is 12.2. The maximum Gasteiger partial charge on any atom is 0.0900 e. The summed E-state index contributed by atoms with van der Waals surface area (Å²) in [4.78, 5) is 34.5. The number of benzene rings is 4. The standard InChI is InChI=1S/C83H87N7/c1-78(2,3)56-39-53(40-57(47-56)79(4,5)6)75-66-31-29-64(86-66)74(51-27-25-50(26-28-51)52-45-72(62-23-19-21-37-84-62)90-73(46-52)63-24-20-22-38-85-63)65-30-32-67(87-65)76(54-41-58(80(7,8)9)48-59(42-54)81(10,11)12)69-34-36-71(89-69)77(70-35-33-68(75)88-70)55-43-60(82(13,14)15)49-61(44-55)83(16,17)18/h19-49,86,89H,1-18H3. The molecule has 7 heteroatoms. The first kappa shape index (κ1) is 61.2. The van der Waals surface area contributed by atoms with Crippen molar-refractivity contribution in [2.45, 2.75) is 157 Å². The Morgan fingerprint density at radius 3 is 0.789 bits per heavy atom. The summed E-state index contributed by atoms with van der Waals surface area (Å²) < 4.78 is 0. The van der Waals surface area contributed by atoms with E-state index in [9.17, 15) is 0 Å². The van der Waals surface area contributed by atoms with Crippen molar-refractivity contribution in [1.29, 1.82) is 0 Å². The van der Waals surface area contributed by atoms with Gasteiger partial charge in [-0.1, -0.05) is 216 Å². The predicted octanol–water partition coefficient (Wildman–Crippen LogP) is 22.3. The Hall–Kier alpha value is -9.07. The molecular formula is C83H87N7. The molecule has 454 valence electrons. The Balaban J connectivity index is 1.21. The van der Waals surface area contributed by atoms with Gasteiger partial charge in [0.15, 0.2) is 0 Å². The summed E-state index contributed by atoms with van der Waals surface area (Å²) in [5.41, 5.74) is 27.9. The molecule has 90 heavy (non-hydrogen) atoms. The summed E-state index contributed by atoms with van der Waals surface area (Å²) in [6, 6.07) is 55.6. The van der Waals surface area contributed by atoms with E-state index in [-0.39, 0.29) is 32.5 Å². The van der Waals surface area contributed by atoms with Crippen LogP contribution in [0.4, 0.5) is 0 Å². The average molecular weight is 1180 g/mol. The zero-order valence-electron chi connectivity index (χ0n) is 56.1. The number of rotatable bonds is 7. The lowest BCUT2D eigenvalue weighted by atomic mass is 9.78. The highest BCUT2D eigenvalue weighted by Gasteiger charge is 2.28. The summed E-state index contributed by atoms with van der Waals surface area (Å²) in [7, 11) is 0. The number of fused-ring (bicyclic) bond motifs is 8. The second kappa shape index (κ2) is 22.5. The molecule has 0 unspecified atom stereocenters. The van der Waals surface area contributed by atoms with Crippen LogP contribution in [0.25, 0.3) is 125 Å². The van der Waals surface area contributed by atoms with Gasteiger partial charge in [0.1, 0.15) is 0 Å². The van der Waals surface area contributed by atoms with Crippen LogP contribution in [0.5, 0.6) is 0 Å². The highest BCUT2D eigenvalue weighted by molar-refractivity contribution is 6.00. The van der Waals surface area contributed by atoms with Crippen molar-refractivity contribution in [3.8, 4) is 78.4 Å². The molecule has 8 heterocycles. The summed E-state index contributed by atoms with van der Waals surface area (Å²) in [5, 5.41) is 0. The minimum Gasteiger partial charge on any atom is -0.354 e. The Labute approximate surface area is 534 Å². The first-order chi connectivity index (χ1) is 42.3. The fraction of sp³-hybridized carbons (Fsp3) is 0.289. The Kier molecular flexibility index (Phi) is 15.3. The molecule has 0 saturated heterocycles. The van der Waals surface area contributed by atoms with E-state index in [1.165, 1.54) is 33.4 Å². The Bertz CT molecular complexity index is 4430. The molecule has 2 N–H and O–H groups in total. The van der Waals surface area contributed by atoms with Crippen molar-refractivity contribution < 1.29 is 0 Å². The van der Waals surface area contributed by atoms with E-state index < -0.39 is 0 Å². The van der Waals surface area contributed by atoms with Gasteiger partial charge in [-0.3, -0.25) is 9.97 Å². The highest BCUT2D eigenvalue weighted by Crippen LogP contribution is 2.44. The molecule has 0 aliphatic carbocycles. The zero-order valence-corrected chi connectivity index (χ0v) is 56.1. The molecule has 2 aliphatic rings. The monoisotopic (exact) mass is 1180 g/mol. The normalized spacial score (nSPS) is 13.1. The van der Waals surface area contributed by atoms with E-state index in [0.29, 0.717) is 0 Å². The van der Waals surface area contributed by atoms with E-state index in [2.05, 4.69) is 274 Å². The smallest absolute Gasteiger partial charge is 0.0900 e. The molecule has 4 aromatic carbocycles. The highest BCUT2D eigenvalue weighted by atomic mass is 14.8. The van der Waals surface area contributed by atoms with Gasteiger partial charge in [-0.15, -0.1) is 0 Å². The second-order valence-corrected chi connectivity index (χ2v) is 31.0. The number of hydrogen-bond acceptors (Lipinski definition) is 5. The molecule has 7 nitrogen and oxygen atoms in total. The van der Waals surface area contributed by atoms with Gasteiger partial charge < -0.3 is 9.97 Å². The first-order valence-corrected chi connectivity index (χ1v) is 31.9. The van der Waals surface area contributed by atoms with Crippen molar-refractivity contribution in [3.63, 3.8) is 0 Å². The van der Waals surface area contributed by atoms with Crippen molar-refractivity contribution >= 4 is 46.4 Å². The largest absolute Gasteiger partial charge is 0.354 e. The minimum atomic E-state index is -0.127. The van der Waals surface area contributed by atoms with Crippen LogP contribution in [-0.2, 0) is 32.5 Å². The SMILES string of the molecule is CC(C)(C)c1cc(-c2c3nc(c(-c4cc(C(C)(C)C)cc(C(C)(C)C)c4)c4ccc([nH]4)c(-c4cc(C(C)(C)C)cc(C(C)(C)C)c4)c4nc(c(-c5ccc(-c6cc(-c7ccccn7)nc(-c7ccccn7)c6)cc5)c5ccc2[nH]5)C=C4)C=C3)cc(C(C)(C)C)c1. The van der Waals surface area contributed by atoms with Crippen LogP contribution in [0.2, 0.25) is 0 Å². The van der Waals surface area contributed by atoms with E-state index in [1.54, 1.807) is 0 Å². The van der Waals surface area contributed by atoms with Crippen LogP contribution in [0.1, 0.15) is 181 Å². The van der Waals surface area contributed by atoms with Gasteiger partial charge in [0.2, 0.25) is 0 Å². The third kappa shape index (κ3) is 12.4. The number of pyridine rings is 3. The van der Waals surface area contributed by atoms with Crippen molar-refractivity contribution in [2.75, 3.05) is 0 Å². The molecule has 0 fully saturated rings. The number of nitrogens with zero attached hydrogens (tertiary/aromatic N) is 5. The summed E-state index contributed by atoms with van der Waals surface area (Å²) in [6.07, 6.45) is 12.5. The number of aromatic nitrogens is 7. The quantitative estimate of drug-likeness (QED) is 0.166. The molecule has 10 aromatic rings. The lowest BCUT2D eigenvalue weighted by molar-refractivity contribution is 0.568. The van der Waals surface area contributed by atoms with Gasteiger partial charge in [-0.05, 0) is 184 Å². The summed E-state index contributed by atoms with van der Waals surface area (Å²) >= 11 is 0. The maximum absolute atomic E-state index is 5.87. The Morgan fingerprint density at radius 1 is 0.244 bits per heavy atom. The van der Waals surface area contributed by atoms with Crippen LogP contribution in [0.3, 0.4) is 0 Å². The lowest BCUT2D eigenvalue weighted by Gasteiger charge is -2.26. The van der Waals surface area contributed by atoms with Gasteiger partial charge in [-0.2, -0.15) is 0 Å².